The third-order valence-electron chi connectivity index (χ3n) is 2.67. The molecule has 18 heavy (non-hydrogen) atoms. The van der Waals surface area contributed by atoms with Crippen molar-refractivity contribution in [1.29, 1.82) is 0 Å². The van der Waals surface area contributed by atoms with Crippen molar-refractivity contribution >= 4 is 5.82 Å². The SMILES string of the molecule is CC(C)CC(O)CNc1nccn(C(C)C)c1=O. The maximum Gasteiger partial charge on any atom is 0.293 e. The summed E-state index contributed by atoms with van der Waals surface area (Å²) in [5, 5.41) is 12.7. The molecule has 102 valence electrons. The molecule has 0 bridgehead atoms. The molecule has 1 aromatic rings. The van der Waals surface area contributed by atoms with E-state index in [2.05, 4.69) is 24.1 Å². The van der Waals surface area contributed by atoms with E-state index in [4.69, 9.17) is 0 Å². The van der Waals surface area contributed by atoms with Gasteiger partial charge in [-0.15, -0.1) is 0 Å². The van der Waals surface area contributed by atoms with Crippen molar-refractivity contribution in [3.63, 3.8) is 0 Å². The van der Waals surface area contributed by atoms with E-state index in [9.17, 15) is 9.90 Å². The lowest BCUT2D eigenvalue weighted by Gasteiger charge is -2.15. The molecular weight excluding hydrogens is 230 g/mol. The molecule has 0 spiro atoms. The van der Waals surface area contributed by atoms with Crippen molar-refractivity contribution in [3.05, 3.63) is 22.7 Å². The number of hydrogen-bond acceptors (Lipinski definition) is 4. The molecule has 0 radical (unpaired) electrons. The molecule has 0 fully saturated rings. The van der Waals surface area contributed by atoms with Crippen LogP contribution in [0.5, 0.6) is 0 Å². The summed E-state index contributed by atoms with van der Waals surface area (Å²) in [5.41, 5.74) is -0.149. The Bertz CT molecular complexity index is 426. The van der Waals surface area contributed by atoms with Gasteiger partial charge in [-0.25, -0.2) is 4.98 Å². The van der Waals surface area contributed by atoms with E-state index >= 15 is 0 Å². The summed E-state index contributed by atoms with van der Waals surface area (Å²) in [7, 11) is 0. The lowest BCUT2D eigenvalue weighted by molar-refractivity contribution is 0.161. The Kier molecular flexibility index (Phi) is 5.34. The van der Waals surface area contributed by atoms with Gasteiger partial charge in [0, 0.05) is 25.0 Å². The smallest absolute Gasteiger partial charge is 0.293 e. The first-order chi connectivity index (χ1) is 8.41. The average molecular weight is 253 g/mol. The van der Waals surface area contributed by atoms with Gasteiger partial charge in [0.15, 0.2) is 5.82 Å². The number of nitrogens with zero attached hydrogens (tertiary/aromatic N) is 2. The fraction of sp³-hybridized carbons (Fsp3) is 0.692. The summed E-state index contributed by atoms with van der Waals surface area (Å²) >= 11 is 0. The van der Waals surface area contributed by atoms with Gasteiger partial charge >= 0.3 is 0 Å². The molecule has 2 N–H and O–H groups in total. The first-order valence-corrected chi connectivity index (χ1v) is 6.41. The van der Waals surface area contributed by atoms with Crippen molar-refractivity contribution < 1.29 is 5.11 Å². The molecule has 5 heteroatoms. The molecule has 0 aromatic carbocycles. The minimum absolute atomic E-state index is 0.0987. The largest absolute Gasteiger partial charge is 0.391 e. The number of aliphatic hydroxyl groups is 1. The molecule has 1 atom stereocenters. The van der Waals surface area contributed by atoms with Crippen LogP contribution in [0.1, 0.15) is 40.2 Å². The molecule has 5 nitrogen and oxygen atoms in total. The van der Waals surface area contributed by atoms with Crippen molar-refractivity contribution in [3.8, 4) is 0 Å². The van der Waals surface area contributed by atoms with Crippen LogP contribution < -0.4 is 10.9 Å². The second kappa shape index (κ2) is 6.54. The minimum atomic E-state index is -0.459. The van der Waals surface area contributed by atoms with Gasteiger partial charge in [0.05, 0.1) is 6.10 Å². The number of rotatable bonds is 6. The van der Waals surface area contributed by atoms with Gasteiger partial charge in [0.2, 0.25) is 0 Å². The van der Waals surface area contributed by atoms with E-state index in [1.807, 2.05) is 13.8 Å². The van der Waals surface area contributed by atoms with E-state index in [0.717, 1.165) is 0 Å². The van der Waals surface area contributed by atoms with Crippen molar-refractivity contribution in [2.45, 2.75) is 46.3 Å². The second-order valence-electron chi connectivity index (χ2n) is 5.25. The van der Waals surface area contributed by atoms with E-state index < -0.39 is 6.10 Å². The molecular formula is C13H23N3O2. The zero-order valence-electron chi connectivity index (χ0n) is 11.6. The van der Waals surface area contributed by atoms with E-state index in [1.54, 1.807) is 17.0 Å². The van der Waals surface area contributed by atoms with E-state index in [0.29, 0.717) is 24.7 Å². The number of nitrogens with one attached hydrogen (secondary N) is 1. The molecule has 1 heterocycles. The summed E-state index contributed by atoms with van der Waals surface area (Å²) in [6, 6.07) is 0.0987. The zero-order valence-corrected chi connectivity index (χ0v) is 11.6. The monoisotopic (exact) mass is 253 g/mol. The van der Waals surface area contributed by atoms with E-state index in [1.165, 1.54) is 0 Å². The van der Waals surface area contributed by atoms with Crippen LogP contribution in [0.2, 0.25) is 0 Å². The van der Waals surface area contributed by atoms with Crippen molar-refractivity contribution in [1.82, 2.24) is 9.55 Å². The Labute approximate surface area is 108 Å². The van der Waals surface area contributed by atoms with Crippen molar-refractivity contribution in [2.24, 2.45) is 5.92 Å². The molecule has 0 aliphatic heterocycles. The Morgan fingerprint density at radius 1 is 1.39 bits per heavy atom. The number of aliphatic hydroxyl groups excluding tert-OH is 1. The third-order valence-corrected chi connectivity index (χ3v) is 2.67. The first-order valence-electron chi connectivity index (χ1n) is 6.41. The molecule has 1 rings (SSSR count). The molecule has 1 unspecified atom stereocenters. The van der Waals surface area contributed by atoms with Crippen LogP contribution in [0.3, 0.4) is 0 Å². The topological polar surface area (TPSA) is 67.2 Å². The molecule has 0 amide bonds. The highest BCUT2D eigenvalue weighted by atomic mass is 16.3. The lowest BCUT2D eigenvalue weighted by Crippen LogP contribution is -2.29. The predicted octanol–water partition coefficient (Wildman–Crippen LogP) is 1.64. The van der Waals surface area contributed by atoms with Gasteiger partial charge in [0.25, 0.3) is 5.56 Å². The molecule has 0 aliphatic carbocycles. The maximum absolute atomic E-state index is 12.0. The molecule has 0 aliphatic rings. The quantitative estimate of drug-likeness (QED) is 0.809. The summed E-state index contributed by atoms with van der Waals surface area (Å²) in [5.74, 6) is 0.729. The molecule has 0 saturated carbocycles. The summed E-state index contributed by atoms with van der Waals surface area (Å²) < 4.78 is 1.62. The lowest BCUT2D eigenvalue weighted by atomic mass is 10.1. The highest BCUT2D eigenvalue weighted by molar-refractivity contribution is 5.31. The standard InChI is InChI=1S/C13H23N3O2/c1-9(2)7-11(17)8-15-12-13(18)16(10(3)4)6-5-14-12/h5-6,9-11,17H,7-8H2,1-4H3,(H,14,15). The number of anilines is 1. The summed E-state index contributed by atoms with van der Waals surface area (Å²) in [4.78, 5) is 16.0. The summed E-state index contributed by atoms with van der Waals surface area (Å²) in [6.07, 6.45) is 3.51. The highest BCUT2D eigenvalue weighted by Gasteiger charge is 2.10. The van der Waals surface area contributed by atoms with Gasteiger partial charge in [0.1, 0.15) is 0 Å². The first kappa shape index (κ1) is 14.7. The Hall–Kier alpha value is -1.36. The zero-order chi connectivity index (χ0) is 13.7. The minimum Gasteiger partial charge on any atom is -0.391 e. The van der Waals surface area contributed by atoms with Crippen LogP contribution in [0, 0.1) is 5.92 Å². The van der Waals surface area contributed by atoms with Gasteiger partial charge < -0.3 is 15.0 Å². The van der Waals surface area contributed by atoms with Crippen LogP contribution in [0.4, 0.5) is 5.82 Å². The third kappa shape index (κ3) is 4.14. The number of hydrogen-bond donors (Lipinski definition) is 2. The Morgan fingerprint density at radius 2 is 2.06 bits per heavy atom. The highest BCUT2D eigenvalue weighted by Crippen LogP contribution is 2.05. The maximum atomic E-state index is 12.0. The summed E-state index contributed by atoms with van der Waals surface area (Å²) in [6.45, 7) is 8.34. The number of aromatic nitrogens is 2. The molecule has 0 saturated heterocycles. The average Bonchev–Trinajstić information content (AvgIpc) is 2.26. The van der Waals surface area contributed by atoms with Crippen LogP contribution in [-0.4, -0.2) is 27.3 Å². The molecule has 1 aromatic heterocycles. The predicted molar refractivity (Wildman–Crippen MR) is 72.8 cm³/mol. The van der Waals surface area contributed by atoms with Crippen LogP contribution in [-0.2, 0) is 0 Å². The van der Waals surface area contributed by atoms with Gasteiger partial charge in [-0.2, -0.15) is 0 Å². The van der Waals surface area contributed by atoms with Crippen LogP contribution >= 0.6 is 0 Å². The normalized spacial score (nSPS) is 13.1. The van der Waals surface area contributed by atoms with Crippen molar-refractivity contribution in [2.75, 3.05) is 11.9 Å². The van der Waals surface area contributed by atoms with Gasteiger partial charge in [-0.1, -0.05) is 13.8 Å². The fourth-order valence-corrected chi connectivity index (χ4v) is 1.79. The Balaban J connectivity index is 2.68. The van der Waals surface area contributed by atoms with Crippen LogP contribution in [0.15, 0.2) is 17.2 Å². The Morgan fingerprint density at radius 3 is 2.61 bits per heavy atom. The van der Waals surface area contributed by atoms with Gasteiger partial charge in [-0.3, -0.25) is 4.79 Å². The second-order valence-corrected chi connectivity index (χ2v) is 5.25. The fourth-order valence-electron chi connectivity index (χ4n) is 1.79. The van der Waals surface area contributed by atoms with Crippen LogP contribution in [0.25, 0.3) is 0 Å². The van der Waals surface area contributed by atoms with E-state index in [-0.39, 0.29) is 11.6 Å². The van der Waals surface area contributed by atoms with Gasteiger partial charge in [-0.05, 0) is 26.2 Å².